The van der Waals surface area contributed by atoms with E-state index in [0.717, 1.165) is 16.0 Å². The van der Waals surface area contributed by atoms with E-state index in [-0.39, 0.29) is 11.6 Å². The van der Waals surface area contributed by atoms with Gasteiger partial charge in [-0.2, -0.15) is 0 Å². The van der Waals surface area contributed by atoms with Crippen LogP contribution < -0.4 is 10.1 Å². The van der Waals surface area contributed by atoms with E-state index < -0.39 is 6.03 Å². The minimum absolute atomic E-state index is 0.241. The zero-order chi connectivity index (χ0) is 19.6. The molecule has 0 bridgehead atoms. The normalized spacial score (nSPS) is 15.4. The number of nitrogens with one attached hydrogen (secondary N) is 1. The highest BCUT2D eigenvalue weighted by atomic mass is 79.9. The highest BCUT2D eigenvalue weighted by Crippen LogP contribution is 2.36. The molecule has 1 N–H and O–H groups in total. The van der Waals surface area contributed by atoms with Crippen molar-refractivity contribution in [2.75, 3.05) is 6.54 Å². The molecule has 0 radical (unpaired) electrons. The minimum atomic E-state index is -0.411. The van der Waals surface area contributed by atoms with E-state index in [1.807, 2.05) is 36.4 Å². The van der Waals surface area contributed by atoms with E-state index in [1.54, 1.807) is 13.0 Å². The molecule has 27 heavy (non-hydrogen) atoms. The molecule has 140 valence electrons. The summed E-state index contributed by atoms with van der Waals surface area (Å²) in [5.74, 6) is 0.280. The number of ether oxygens (including phenoxy) is 1. The number of rotatable bonds is 5. The zero-order valence-electron chi connectivity index (χ0n) is 14.3. The Balaban J connectivity index is 1.81. The van der Waals surface area contributed by atoms with Gasteiger partial charge in [-0.1, -0.05) is 29.8 Å². The first-order chi connectivity index (χ1) is 12.9. The van der Waals surface area contributed by atoms with Crippen LogP contribution in [0.3, 0.4) is 0 Å². The summed E-state index contributed by atoms with van der Waals surface area (Å²) >= 11 is 13.1. The summed E-state index contributed by atoms with van der Waals surface area (Å²) in [6, 6.07) is 10.7. The molecule has 1 saturated heterocycles. The Labute approximate surface area is 178 Å². The fraction of sp³-hybridized carbons (Fsp3) is 0.158. The van der Waals surface area contributed by atoms with Gasteiger partial charge in [0.25, 0.3) is 5.91 Å². The maximum atomic E-state index is 12.2. The summed E-state index contributed by atoms with van der Waals surface area (Å²) in [6.07, 6.45) is 1.63. The summed E-state index contributed by atoms with van der Waals surface area (Å²) in [6.45, 7) is 2.39. The number of hydrogen-bond donors (Lipinski definition) is 1. The van der Waals surface area contributed by atoms with Crippen LogP contribution in [0.1, 0.15) is 18.1 Å². The van der Waals surface area contributed by atoms with Crippen molar-refractivity contribution in [3.05, 3.63) is 67.2 Å². The van der Waals surface area contributed by atoms with E-state index in [0.29, 0.717) is 32.9 Å². The van der Waals surface area contributed by atoms with Gasteiger partial charge in [0.15, 0.2) is 0 Å². The van der Waals surface area contributed by atoms with Gasteiger partial charge >= 0.3 is 6.03 Å². The third-order valence-corrected chi connectivity index (χ3v) is 5.49. The summed E-state index contributed by atoms with van der Waals surface area (Å²) in [7, 11) is 0. The Bertz CT molecular complexity index is 923. The van der Waals surface area contributed by atoms with Crippen molar-refractivity contribution in [2.24, 2.45) is 0 Å². The first-order valence-electron chi connectivity index (χ1n) is 8.10. The Morgan fingerprint density at radius 3 is 2.44 bits per heavy atom. The molecule has 1 aliphatic heterocycles. The predicted octanol–water partition coefficient (Wildman–Crippen LogP) is 5.36. The van der Waals surface area contributed by atoms with Crippen LogP contribution in [-0.2, 0) is 11.4 Å². The molecule has 5 nitrogen and oxygen atoms in total. The number of likely N-dealkylation sites (N-methyl/N-ethyl adjacent to an activating group) is 1. The van der Waals surface area contributed by atoms with Gasteiger partial charge in [-0.05, 0) is 68.6 Å². The van der Waals surface area contributed by atoms with Gasteiger partial charge in [-0.3, -0.25) is 9.69 Å². The monoisotopic (exact) mass is 512 g/mol. The quantitative estimate of drug-likeness (QED) is 0.432. The average Bonchev–Trinajstić information content (AvgIpc) is 2.88. The molecule has 3 rings (SSSR count). The number of imide groups is 1. The first-order valence-corrected chi connectivity index (χ1v) is 10.1. The molecule has 1 fully saturated rings. The largest absolute Gasteiger partial charge is 0.486 e. The van der Waals surface area contributed by atoms with Crippen LogP contribution in [0.4, 0.5) is 4.79 Å². The Kier molecular flexibility index (Phi) is 6.24. The molecule has 0 atom stereocenters. The van der Waals surface area contributed by atoms with Crippen molar-refractivity contribution in [1.82, 2.24) is 10.2 Å². The number of benzene rings is 2. The lowest BCUT2D eigenvalue weighted by Crippen LogP contribution is -2.30. The van der Waals surface area contributed by atoms with E-state index in [2.05, 4.69) is 37.2 Å². The molecule has 1 aliphatic rings. The van der Waals surface area contributed by atoms with Gasteiger partial charge in [-0.15, -0.1) is 0 Å². The third-order valence-electron chi connectivity index (χ3n) is 3.94. The van der Waals surface area contributed by atoms with E-state index in [4.69, 9.17) is 16.3 Å². The summed E-state index contributed by atoms with van der Waals surface area (Å²) in [5, 5.41) is 3.22. The van der Waals surface area contributed by atoms with Crippen LogP contribution in [0.15, 0.2) is 51.0 Å². The zero-order valence-corrected chi connectivity index (χ0v) is 18.2. The molecule has 0 aliphatic carbocycles. The lowest BCUT2D eigenvalue weighted by Gasteiger charge is -2.12. The van der Waals surface area contributed by atoms with Crippen LogP contribution in [0.25, 0.3) is 6.08 Å². The number of hydrogen-bond acceptors (Lipinski definition) is 3. The fourth-order valence-electron chi connectivity index (χ4n) is 2.59. The van der Waals surface area contributed by atoms with Crippen molar-refractivity contribution in [3.63, 3.8) is 0 Å². The van der Waals surface area contributed by atoms with E-state index >= 15 is 0 Å². The fourth-order valence-corrected chi connectivity index (χ4v) is 4.23. The SMILES string of the molecule is CCN1C(=O)N/C(=C/c2cc(Br)c(OCc3ccccc3Cl)c(Br)c2)C1=O. The second-order valence-electron chi connectivity index (χ2n) is 5.73. The van der Waals surface area contributed by atoms with Gasteiger partial charge in [0.05, 0.1) is 8.95 Å². The second kappa shape index (κ2) is 8.46. The Hall–Kier alpha value is -1.83. The number of carbonyl (C=O) groups excluding carboxylic acids is 2. The molecular weight excluding hydrogens is 499 g/mol. The van der Waals surface area contributed by atoms with Crippen molar-refractivity contribution < 1.29 is 14.3 Å². The minimum Gasteiger partial charge on any atom is -0.486 e. The second-order valence-corrected chi connectivity index (χ2v) is 7.85. The molecular formula is C19H15Br2ClN2O3. The van der Waals surface area contributed by atoms with Crippen LogP contribution in [-0.4, -0.2) is 23.4 Å². The third kappa shape index (κ3) is 4.36. The highest BCUT2D eigenvalue weighted by molar-refractivity contribution is 9.11. The van der Waals surface area contributed by atoms with Gasteiger partial charge in [0.1, 0.15) is 18.1 Å². The average molecular weight is 515 g/mol. The molecule has 0 saturated carbocycles. The number of amides is 3. The lowest BCUT2D eigenvalue weighted by atomic mass is 10.2. The molecule has 8 heteroatoms. The number of urea groups is 1. The molecule has 0 spiro atoms. The van der Waals surface area contributed by atoms with Crippen LogP contribution in [0.2, 0.25) is 5.02 Å². The summed E-state index contributed by atoms with van der Waals surface area (Å²) in [5.41, 5.74) is 1.86. The maximum absolute atomic E-state index is 12.2. The van der Waals surface area contributed by atoms with Crippen LogP contribution >= 0.6 is 43.5 Å². The summed E-state index contributed by atoms with van der Waals surface area (Å²) < 4.78 is 7.30. The molecule has 2 aromatic rings. The molecule has 3 amide bonds. The number of halogens is 3. The Morgan fingerprint density at radius 2 is 1.85 bits per heavy atom. The maximum Gasteiger partial charge on any atom is 0.328 e. The van der Waals surface area contributed by atoms with E-state index in [1.165, 1.54) is 0 Å². The van der Waals surface area contributed by atoms with Gasteiger partial charge in [0.2, 0.25) is 0 Å². The van der Waals surface area contributed by atoms with Crippen molar-refractivity contribution >= 4 is 61.5 Å². The van der Waals surface area contributed by atoms with E-state index in [9.17, 15) is 9.59 Å². The number of nitrogens with zero attached hydrogens (tertiary/aromatic N) is 1. The van der Waals surface area contributed by atoms with Crippen LogP contribution in [0.5, 0.6) is 5.75 Å². The molecule has 1 heterocycles. The lowest BCUT2D eigenvalue weighted by molar-refractivity contribution is -0.122. The van der Waals surface area contributed by atoms with Crippen molar-refractivity contribution in [2.45, 2.75) is 13.5 Å². The standard InChI is InChI=1S/C19H15Br2ClN2O3/c1-2-24-18(25)16(23-19(24)26)9-11-7-13(20)17(14(21)8-11)27-10-12-5-3-4-6-15(12)22/h3-9H,2,10H2,1H3,(H,23,26)/b16-9+. The topological polar surface area (TPSA) is 58.6 Å². The van der Waals surface area contributed by atoms with Crippen molar-refractivity contribution in [3.8, 4) is 5.75 Å². The van der Waals surface area contributed by atoms with Gasteiger partial charge in [0, 0.05) is 17.1 Å². The molecule has 2 aromatic carbocycles. The molecule has 0 aromatic heterocycles. The highest BCUT2D eigenvalue weighted by Gasteiger charge is 2.32. The summed E-state index contributed by atoms with van der Waals surface area (Å²) in [4.78, 5) is 25.1. The Morgan fingerprint density at radius 1 is 1.19 bits per heavy atom. The smallest absolute Gasteiger partial charge is 0.328 e. The first kappa shape index (κ1) is 19.9. The van der Waals surface area contributed by atoms with Crippen LogP contribution in [0, 0.1) is 0 Å². The van der Waals surface area contributed by atoms with Gasteiger partial charge in [-0.25, -0.2) is 4.79 Å². The molecule has 0 unspecified atom stereocenters. The van der Waals surface area contributed by atoms with Crippen molar-refractivity contribution in [1.29, 1.82) is 0 Å². The van der Waals surface area contributed by atoms with Gasteiger partial charge < -0.3 is 10.1 Å². The predicted molar refractivity (Wildman–Crippen MR) is 112 cm³/mol. The number of carbonyl (C=O) groups is 2.